The smallest absolute Gasteiger partial charge is 0.177 e. The van der Waals surface area contributed by atoms with Gasteiger partial charge < -0.3 is 19.3 Å². The van der Waals surface area contributed by atoms with Gasteiger partial charge in [-0.2, -0.15) is 0 Å². The van der Waals surface area contributed by atoms with Crippen LogP contribution in [0.15, 0.2) is 18.5 Å². The third-order valence-electron chi connectivity index (χ3n) is 5.27. The van der Waals surface area contributed by atoms with Crippen LogP contribution in [0.5, 0.6) is 5.75 Å². The Morgan fingerprint density at radius 2 is 2.03 bits per heavy atom. The molecule has 5 rings (SSSR count). The van der Waals surface area contributed by atoms with Gasteiger partial charge in [-0.05, 0) is 31.7 Å². The topological polar surface area (TPSA) is 91.5 Å². The van der Waals surface area contributed by atoms with Crippen LogP contribution < -0.4 is 4.74 Å². The Bertz CT molecular complexity index is 988. The van der Waals surface area contributed by atoms with E-state index in [0.717, 1.165) is 25.7 Å². The predicted molar refractivity (Wildman–Crippen MR) is 107 cm³/mol. The molecule has 1 aliphatic heterocycles. The van der Waals surface area contributed by atoms with E-state index < -0.39 is 5.60 Å². The van der Waals surface area contributed by atoms with E-state index in [4.69, 9.17) is 14.2 Å². The zero-order valence-electron chi connectivity index (χ0n) is 17.3. The van der Waals surface area contributed by atoms with Crippen LogP contribution in [0.4, 0.5) is 0 Å². The summed E-state index contributed by atoms with van der Waals surface area (Å²) in [5, 5.41) is 18.4. The lowest BCUT2D eigenvalue weighted by molar-refractivity contribution is -0.227. The zero-order valence-corrected chi connectivity index (χ0v) is 17.3. The number of ether oxygens (including phenoxy) is 3. The van der Waals surface area contributed by atoms with E-state index in [2.05, 4.69) is 41.0 Å². The molecule has 2 aliphatic carbocycles. The van der Waals surface area contributed by atoms with Crippen molar-refractivity contribution in [3.63, 3.8) is 0 Å². The van der Waals surface area contributed by atoms with Gasteiger partial charge in [0.1, 0.15) is 22.7 Å². The molecule has 0 bridgehead atoms. The number of hydrogen-bond donors (Lipinski definition) is 1. The molecule has 3 fully saturated rings. The molecule has 0 atom stereocenters. The van der Waals surface area contributed by atoms with Crippen LogP contribution in [0.2, 0.25) is 0 Å². The molecule has 0 radical (unpaired) electrons. The molecule has 158 valence electrons. The van der Waals surface area contributed by atoms with Crippen molar-refractivity contribution in [1.29, 1.82) is 0 Å². The van der Waals surface area contributed by atoms with Crippen LogP contribution in [-0.2, 0) is 16.0 Å². The Hall–Kier alpha value is -2.47. The molecule has 2 aromatic rings. The van der Waals surface area contributed by atoms with E-state index in [0.29, 0.717) is 42.5 Å². The summed E-state index contributed by atoms with van der Waals surface area (Å²) in [5.74, 6) is 6.56. The van der Waals surface area contributed by atoms with Crippen molar-refractivity contribution < 1.29 is 19.3 Å². The van der Waals surface area contributed by atoms with Crippen molar-refractivity contribution in [2.75, 3.05) is 13.2 Å². The van der Waals surface area contributed by atoms with Gasteiger partial charge in [0.25, 0.3) is 0 Å². The van der Waals surface area contributed by atoms with E-state index in [1.165, 1.54) is 0 Å². The van der Waals surface area contributed by atoms with Gasteiger partial charge in [0.15, 0.2) is 6.29 Å². The lowest BCUT2D eigenvalue weighted by atomic mass is 9.96. The largest absolute Gasteiger partial charge is 0.488 e. The number of hydrogen-bond acceptors (Lipinski definition) is 7. The van der Waals surface area contributed by atoms with E-state index in [1.807, 2.05) is 12.3 Å². The first-order valence-corrected chi connectivity index (χ1v) is 10.4. The molecule has 8 heteroatoms. The highest BCUT2D eigenvalue weighted by atomic mass is 16.7. The quantitative estimate of drug-likeness (QED) is 0.755. The second kappa shape index (κ2) is 7.34. The average Bonchev–Trinajstić information content (AvgIpc) is 3.63. The van der Waals surface area contributed by atoms with Gasteiger partial charge in [0.2, 0.25) is 0 Å². The van der Waals surface area contributed by atoms with Crippen molar-refractivity contribution in [1.82, 2.24) is 20.0 Å². The molecule has 0 amide bonds. The van der Waals surface area contributed by atoms with Crippen molar-refractivity contribution in [3.8, 4) is 29.0 Å². The van der Waals surface area contributed by atoms with Crippen LogP contribution in [-0.4, -0.2) is 56.3 Å². The second-order valence-electron chi connectivity index (χ2n) is 9.21. The first-order chi connectivity index (χ1) is 14.4. The van der Waals surface area contributed by atoms with Gasteiger partial charge >= 0.3 is 0 Å². The van der Waals surface area contributed by atoms with Crippen LogP contribution >= 0.6 is 0 Å². The molecule has 30 heavy (non-hydrogen) atoms. The third-order valence-corrected chi connectivity index (χ3v) is 5.27. The van der Waals surface area contributed by atoms with Crippen molar-refractivity contribution >= 4 is 0 Å². The van der Waals surface area contributed by atoms with E-state index in [9.17, 15) is 5.11 Å². The van der Waals surface area contributed by atoms with Gasteiger partial charge in [0.05, 0.1) is 32.1 Å². The number of pyridine rings is 1. The molecule has 0 aromatic carbocycles. The minimum absolute atomic E-state index is 0.0306. The molecule has 1 saturated heterocycles. The van der Waals surface area contributed by atoms with Crippen LogP contribution in [0.25, 0.3) is 11.4 Å². The Balaban J connectivity index is 1.33. The number of rotatable bonds is 5. The Kier molecular flexibility index (Phi) is 4.77. The Morgan fingerprint density at radius 3 is 2.73 bits per heavy atom. The standard InChI is InChI=1S/C22H26N4O4/c1-21(2)13-28-19(29-14-21)12-26-11-17(24-25-26)20-18(30-16-3-4-16)9-15(10-23-20)5-6-22(27)7-8-22/h9-11,16,19,27H,3-4,7-8,12-14H2,1-2H3. The molecular formula is C22H26N4O4. The lowest BCUT2D eigenvalue weighted by Crippen LogP contribution is -2.39. The molecule has 0 unspecified atom stereocenters. The molecule has 3 heterocycles. The summed E-state index contributed by atoms with van der Waals surface area (Å²) in [4.78, 5) is 4.54. The molecule has 3 aliphatic rings. The average molecular weight is 410 g/mol. The monoisotopic (exact) mass is 410 g/mol. The minimum Gasteiger partial charge on any atom is -0.488 e. The van der Waals surface area contributed by atoms with E-state index in [1.54, 1.807) is 10.9 Å². The van der Waals surface area contributed by atoms with Crippen molar-refractivity contribution in [3.05, 3.63) is 24.0 Å². The summed E-state index contributed by atoms with van der Waals surface area (Å²) in [6.07, 6.45) is 6.91. The van der Waals surface area contributed by atoms with Gasteiger partial charge in [0, 0.05) is 17.2 Å². The van der Waals surface area contributed by atoms with E-state index in [-0.39, 0.29) is 17.8 Å². The molecule has 8 nitrogen and oxygen atoms in total. The normalized spacial score (nSPS) is 22.2. The van der Waals surface area contributed by atoms with Gasteiger partial charge in [-0.3, -0.25) is 0 Å². The highest BCUT2D eigenvalue weighted by molar-refractivity contribution is 5.63. The predicted octanol–water partition coefficient (Wildman–Crippen LogP) is 2.16. The Labute approximate surface area is 175 Å². The number of nitrogens with zero attached hydrogens (tertiary/aromatic N) is 4. The van der Waals surface area contributed by atoms with Gasteiger partial charge in [-0.15, -0.1) is 5.10 Å². The molecule has 2 saturated carbocycles. The minimum atomic E-state index is -0.822. The maximum Gasteiger partial charge on any atom is 0.177 e. The van der Waals surface area contributed by atoms with Crippen molar-refractivity contribution in [2.45, 2.75) is 64.1 Å². The van der Waals surface area contributed by atoms with Crippen LogP contribution in [0.3, 0.4) is 0 Å². The first kappa shape index (κ1) is 19.5. The molecular weight excluding hydrogens is 384 g/mol. The van der Waals surface area contributed by atoms with Crippen LogP contribution in [0.1, 0.15) is 45.1 Å². The van der Waals surface area contributed by atoms with Crippen LogP contribution in [0, 0.1) is 17.3 Å². The summed E-state index contributed by atoms with van der Waals surface area (Å²) in [7, 11) is 0. The highest BCUT2D eigenvalue weighted by Crippen LogP contribution is 2.35. The fourth-order valence-corrected chi connectivity index (χ4v) is 3.07. The summed E-state index contributed by atoms with van der Waals surface area (Å²) in [6, 6.07) is 1.87. The summed E-state index contributed by atoms with van der Waals surface area (Å²) in [6.45, 7) is 5.99. The number of aliphatic hydroxyl groups is 1. The summed E-state index contributed by atoms with van der Waals surface area (Å²) in [5.41, 5.74) is 1.19. The molecule has 1 N–H and O–H groups in total. The molecule has 0 spiro atoms. The lowest BCUT2D eigenvalue weighted by Gasteiger charge is -2.34. The second-order valence-corrected chi connectivity index (χ2v) is 9.21. The van der Waals surface area contributed by atoms with Gasteiger partial charge in [-0.1, -0.05) is 30.9 Å². The molecule has 2 aromatic heterocycles. The maximum absolute atomic E-state index is 9.95. The van der Waals surface area contributed by atoms with Gasteiger partial charge in [-0.25, -0.2) is 9.67 Å². The van der Waals surface area contributed by atoms with Crippen molar-refractivity contribution in [2.24, 2.45) is 5.41 Å². The zero-order chi connectivity index (χ0) is 20.8. The maximum atomic E-state index is 9.95. The Morgan fingerprint density at radius 1 is 1.27 bits per heavy atom. The third kappa shape index (κ3) is 4.64. The summed E-state index contributed by atoms with van der Waals surface area (Å²) < 4.78 is 19.3. The van der Waals surface area contributed by atoms with E-state index >= 15 is 0 Å². The summed E-state index contributed by atoms with van der Waals surface area (Å²) >= 11 is 0. The first-order valence-electron chi connectivity index (χ1n) is 10.4. The number of aromatic nitrogens is 4. The highest BCUT2D eigenvalue weighted by Gasteiger charge is 2.38. The SMILES string of the molecule is CC1(C)COC(Cn2cc(-c3ncc(C#CC4(O)CC4)cc3OC3CC3)nn2)OC1. The fourth-order valence-electron chi connectivity index (χ4n) is 3.07. The fraction of sp³-hybridized carbons (Fsp3) is 0.591.